The molecule has 3 saturated heterocycles. The van der Waals surface area contributed by atoms with Gasteiger partial charge < -0.3 is 34.6 Å². The lowest BCUT2D eigenvalue weighted by atomic mass is 9.70. The van der Waals surface area contributed by atoms with Gasteiger partial charge in [-0.05, 0) is 75.8 Å². The van der Waals surface area contributed by atoms with Crippen molar-refractivity contribution < 1.29 is 33.8 Å². The van der Waals surface area contributed by atoms with E-state index in [2.05, 4.69) is 37.2 Å². The van der Waals surface area contributed by atoms with Crippen molar-refractivity contribution in [3.8, 4) is 0 Å². The SMILES string of the molecule is C=CCCC(=O)N[C@@H](C)[C@H](OC(=O)[C@@H]1[C@H]2C(=O)N([C@@H](CO)C(C)C)[C@H](C(=O)N(CC=C)c3ccc(N(CC)CC)cc3)[C@]23CC[C@H]1O3)c1ccccc1. The van der Waals surface area contributed by atoms with Gasteiger partial charge in [-0.25, -0.2) is 0 Å². The largest absolute Gasteiger partial charge is 0.455 e. The van der Waals surface area contributed by atoms with Gasteiger partial charge >= 0.3 is 5.97 Å². The maximum absolute atomic E-state index is 15.0. The number of esters is 1. The summed E-state index contributed by atoms with van der Waals surface area (Å²) >= 11 is 0. The first-order chi connectivity index (χ1) is 25.5. The molecule has 3 heterocycles. The van der Waals surface area contributed by atoms with Crippen LogP contribution in [0, 0.1) is 17.8 Å². The van der Waals surface area contributed by atoms with Crippen LogP contribution in [-0.2, 0) is 28.7 Å². The Kier molecular flexibility index (Phi) is 12.8. The van der Waals surface area contributed by atoms with E-state index in [1.807, 2.05) is 68.4 Å². The van der Waals surface area contributed by atoms with Crippen molar-refractivity contribution in [2.24, 2.45) is 17.8 Å². The van der Waals surface area contributed by atoms with E-state index in [4.69, 9.17) is 9.47 Å². The summed E-state index contributed by atoms with van der Waals surface area (Å²) in [5, 5.41) is 13.6. The van der Waals surface area contributed by atoms with E-state index >= 15 is 4.79 Å². The molecule has 3 amide bonds. The molecule has 3 aliphatic heterocycles. The molecule has 1 spiro atoms. The van der Waals surface area contributed by atoms with E-state index in [0.29, 0.717) is 30.5 Å². The Bertz CT molecular complexity index is 1630. The number of nitrogens with zero attached hydrogens (tertiary/aromatic N) is 3. The van der Waals surface area contributed by atoms with Crippen LogP contribution >= 0.6 is 0 Å². The van der Waals surface area contributed by atoms with Crippen molar-refractivity contribution in [1.82, 2.24) is 10.2 Å². The number of aliphatic hydroxyl groups is 1. The van der Waals surface area contributed by atoms with Gasteiger partial charge in [0.25, 0.3) is 5.91 Å². The first kappa shape index (κ1) is 39.7. The van der Waals surface area contributed by atoms with Crippen molar-refractivity contribution in [3.63, 3.8) is 0 Å². The van der Waals surface area contributed by atoms with Crippen molar-refractivity contribution >= 4 is 35.1 Å². The van der Waals surface area contributed by atoms with Crippen molar-refractivity contribution in [2.45, 2.75) is 96.2 Å². The summed E-state index contributed by atoms with van der Waals surface area (Å²) in [7, 11) is 0. The highest BCUT2D eigenvalue weighted by Crippen LogP contribution is 2.59. The molecule has 0 saturated carbocycles. The van der Waals surface area contributed by atoms with Crippen LogP contribution in [0.4, 0.5) is 11.4 Å². The number of aliphatic hydroxyl groups excluding tert-OH is 1. The minimum absolute atomic E-state index is 0.179. The number of fused-ring (bicyclic) bond motifs is 1. The monoisotopic (exact) mass is 728 g/mol. The Balaban J connectivity index is 1.51. The molecule has 3 aliphatic rings. The third-order valence-electron chi connectivity index (χ3n) is 11.2. The molecule has 11 nitrogen and oxygen atoms in total. The number of nitrogens with one attached hydrogen (secondary N) is 1. The second kappa shape index (κ2) is 17.1. The fourth-order valence-corrected chi connectivity index (χ4v) is 8.59. The molecule has 2 aromatic rings. The molecule has 0 aromatic heterocycles. The lowest BCUT2D eigenvalue weighted by molar-refractivity contribution is -0.162. The van der Waals surface area contributed by atoms with Gasteiger partial charge in [-0.2, -0.15) is 0 Å². The quantitative estimate of drug-likeness (QED) is 0.159. The molecule has 2 bridgehead atoms. The predicted octanol–water partition coefficient (Wildman–Crippen LogP) is 5.20. The summed E-state index contributed by atoms with van der Waals surface area (Å²) in [5.41, 5.74) is 1.05. The zero-order valence-electron chi connectivity index (χ0n) is 31.8. The number of carbonyl (C=O) groups is 4. The minimum atomic E-state index is -1.31. The maximum Gasteiger partial charge on any atom is 0.313 e. The molecule has 53 heavy (non-hydrogen) atoms. The summed E-state index contributed by atoms with van der Waals surface area (Å²) in [4.78, 5) is 62.3. The van der Waals surface area contributed by atoms with Gasteiger partial charge in [-0.15, -0.1) is 13.2 Å². The Morgan fingerprint density at radius 1 is 1.04 bits per heavy atom. The third-order valence-corrected chi connectivity index (χ3v) is 11.2. The standard InChI is InChI=1S/C42H56N4O7/c1-8-12-18-34(48)43-28(7)37(29-16-14-13-15-17-29)52-41(51)35-33-23-24-42(53-33)36(35)39(49)46(32(26-47)27(5)6)38(42)40(50)45(25-9-2)31-21-19-30(20-22-31)44(10-3)11-4/h8-9,13-17,19-22,27-28,32-33,35-38,47H,1-2,10-12,18,23-26H2,3-7H3,(H,43,48)/t28-,32-,33+,35-,36-,37-,38+,42-/m0/s1. The van der Waals surface area contributed by atoms with Gasteiger partial charge in [0.05, 0.1) is 36.6 Å². The first-order valence-corrected chi connectivity index (χ1v) is 19.0. The summed E-state index contributed by atoms with van der Waals surface area (Å²) in [5.74, 6) is -3.77. The molecule has 0 radical (unpaired) electrons. The van der Waals surface area contributed by atoms with E-state index in [1.54, 1.807) is 24.0 Å². The van der Waals surface area contributed by atoms with Gasteiger partial charge in [0.2, 0.25) is 11.8 Å². The molecular weight excluding hydrogens is 672 g/mol. The number of anilines is 2. The Labute approximate surface area is 314 Å². The number of hydrogen-bond donors (Lipinski definition) is 2. The van der Waals surface area contributed by atoms with Gasteiger partial charge in [-0.1, -0.05) is 56.3 Å². The van der Waals surface area contributed by atoms with Crippen LogP contribution in [-0.4, -0.2) is 89.8 Å². The molecule has 2 N–H and O–H groups in total. The van der Waals surface area contributed by atoms with E-state index < -0.39 is 59.6 Å². The number of hydrogen-bond acceptors (Lipinski definition) is 8. The summed E-state index contributed by atoms with van der Waals surface area (Å²) in [6.07, 6.45) is 3.43. The summed E-state index contributed by atoms with van der Waals surface area (Å²) in [6, 6.07) is 14.5. The summed E-state index contributed by atoms with van der Waals surface area (Å²) < 4.78 is 13.0. The van der Waals surface area contributed by atoms with Crippen molar-refractivity contribution in [1.29, 1.82) is 0 Å². The Hall–Kier alpha value is -4.48. The first-order valence-electron chi connectivity index (χ1n) is 19.0. The number of benzene rings is 2. The van der Waals surface area contributed by atoms with E-state index in [0.717, 1.165) is 18.8 Å². The normalized spacial score (nSPS) is 24.7. The van der Waals surface area contributed by atoms with Crippen LogP contribution in [0.2, 0.25) is 0 Å². The molecule has 3 fully saturated rings. The van der Waals surface area contributed by atoms with E-state index in [1.165, 1.54) is 4.90 Å². The summed E-state index contributed by atoms with van der Waals surface area (Å²) in [6.45, 7) is 18.8. The van der Waals surface area contributed by atoms with Gasteiger partial charge in [0.15, 0.2) is 0 Å². The molecule has 286 valence electrons. The van der Waals surface area contributed by atoms with Crippen LogP contribution in [0.1, 0.15) is 72.0 Å². The van der Waals surface area contributed by atoms with Gasteiger partial charge in [0, 0.05) is 37.4 Å². The number of carbonyl (C=O) groups excluding carboxylic acids is 4. The number of allylic oxidation sites excluding steroid dienone is 1. The minimum Gasteiger partial charge on any atom is -0.455 e. The Morgan fingerprint density at radius 3 is 2.28 bits per heavy atom. The molecule has 5 rings (SSSR count). The van der Waals surface area contributed by atoms with Gasteiger partial charge in [0.1, 0.15) is 17.7 Å². The fraction of sp³-hybridized carbons (Fsp3) is 0.524. The van der Waals surface area contributed by atoms with Crippen molar-refractivity contribution in [3.05, 3.63) is 85.5 Å². The van der Waals surface area contributed by atoms with Crippen molar-refractivity contribution in [2.75, 3.05) is 36.0 Å². The average Bonchev–Trinajstić information content (AvgIpc) is 3.80. The highest BCUT2D eigenvalue weighted by atomic mass is 16.6. The Morgan fingerprint density at radius 2 is 1.70 bits per heavy atom. The predicted molar refractivity (Wildman–Crippen MR) is 205 cm³/mol. The number of likely N-dealkylation sites (tertiary alicyclic amines) is 1. The topological polar surface area (TPSA) is 129 Å². The molecule has 0 aliphatic carbocycles. The van der Waals surface area contributed by atoms with Crippen LogP contribution in [0.5, 0.6) is 0 Å². The van der Waals surface area contributed by atoms with E-state index in [-0.39, 0.29) is 37.3 Å². The molecule has 8 atom stereocenters. The fourth-order valence-electron chi connectivity index (χ4n) is 8.59. The zero-order valence-corrected chi connectivity index (χ0v) is 31.8. The van der Waals surface area contributed by atoms with Gasteiger partial charge in [-0.3, -0.25) is 19.2 Å². The van der Waals surface area contributed by atoms with Crippen LogP contribution < -0.4 is 15.1 Å². The lowest BCUT2D eigenvalue weighted by Crippen LogP contribution is -2.59. The van der Waals surface area contributed by atoms with Crippen LogP contribution in [0.15, 0.2) is 79.9 Å². The second-order valence-electron chi connectivity index (χ2n) is 14.7. The van der Waals surface area contributed by atoms with Crippen LogP contribution in [0.25, 0.3) is 0 Å². The lowest BCUT2D eigenvalue weighted by Gasteiger charge is -2.40. The zero-order chi connectivity index (χ0) is 38.4. The second-order valence-corrected chi connectivity index (χ2v) is 14.7. The number of ether oxygens (including phenoxy) is 2. The third kappa shape index (κ3) is 7.64. The molecular formula is C42H56N4O7. The molecule has 11 heteroatoms. The molecule has 0 unspecified atom stereocenters. The molecule has 2 aromatic carbocycles. The smallest absolute Gasteiger partial charge is 0.313 e. The van der Waals surface area contributed by atoms with Crippen LogP contribution in [0.3, 0.4) is 0 Å². The average molecular weight is 729 g/mol. The van der Waals surface area contributed by atoms with E-state index in [9.17, 15) is 19.5 Å². The number of amides is 3. The highest BCUT2D eigenvalue weighted by molar-refractivity contribution is 6.05. The highest BCUT2D eigenvalue weighted by Gasteiger charge is 2.76. The maximum atomic E-state index is 15.0. The number of rotatable bonds is 18.